The van der Waals surface area contributed by atoms with Crippen molar-refractivity contribution in [3.63, 3.8) is 0 Å². The summed E-state index contributed by atoms with van der Waals surface area (Å²) >= 11 is 0. The van der Waals surface area contributed by atoms with Gasteiger partial charge in [0, 0.05) is 6.20 Å². The summed E-state index contributed by atoms with van der Waals surface area (Å²) in [6.07, 6.45) is 4.07. The van der Waals surface area contributed by atoms with Gasteiger partial charge in [-0.15, -0.1) is 0 Å². The molecule has 80 valence electrons. The Morgan fingerprint density at radius 2 is 2.19 bits per heavy atom. The second-order valence-corrected chi connectivity index (χ2v) is 3.45. The number of pyridine rings is 1. The minimum atomic E-state index is 0.545. The van der Waals surface area contributed by atoms with Crippen LogP contribution in [0.25, 0.3) is 0 Å². The molecular formula is C13H11NO2. The zero-order valence-electron chi connectivity index (χ0n) is 8.88. The first-order valence-electron chi connectivity index (χ1n) is 4.93. The van der Waals surface area contributed by atoms with Crippen molar-refractivity contribution < 1.29 is 9.53 Å². The van der Waals surface area contributed by atoms with Crippen LogP contribution in [0.15, 0.2) is 42.7 Å². The van der Waals surface area contributed by atoms with Gasteiger partial charge in [-0.05, 0) is 31.2 Å². The van der Waals surface area contributed by atoms with E-state index >= 15 is 0 Å². The van der Waals surface area contributed by atoms with Gasteiger partial charge in [-0.1, -0.05) is 11.6 Å². The molecule has 2 rings (SSSR count). The van der Waals surface area contributed by atoms with Crippen LogP contribution in [0.5, 0.6) is 11.5 Å². The average molecular weight is 213 g/mol. The highest BCUT2D eigenvalue weighted by Gasteiger charge is 2.04. The lowest BCUT2D eigenvalue weighted by Crippen LogP contribution is -1.91. The molecule has 2 aromatic rings. The predicted molar refractivity (Wildman–Crippen MR) is 60.9 cm³/mol. The highest BCUT2D eigenvalue weighted by Crippen LogP contribution is 2.24. The molecule has 0 aliphatic carbocycles. The van der Waals surface area contributed by atoms with Crippen LogP contribution in [0, 0.1) is 6.92 Å². The SMILES string of the molecule is Cc1ccc(Oc2cccnc2)c(C=O)c1. The number of carbonyl (C=O) groups is 1. The number of aldehydes is 1. The third-order valence-corrected chi connectivity index (χ3v) is 2.15. The maximum atomic E-state index is 10.9. The molecule has 0 radical (unpaired) electrons. The molecule has 1 aromatic heterocycles. The summed E-state index contributed by atoms with van der Waals surface area (Å²) in [6.45, 7) is 1.93. The zero-order chi connectivity index (χ0) is 11.4. The molecule has 0 saturated carbocycles. The Balaban J connectivity index is 2.31. The number of ether oxygens (including phenoxy) is 1. The van der Waals surface area contributed by atoms with Crippen LogP contribution in [0.2, 0.25) is 0 Å². The maximum absolute atomic E-state index is 10.9. The van der Waals surface area contributed by atoms with Gasteiger partial charge in [-0.2, -0.15) is 0 Å². The normalized spacial score (nSPS) is 9.81. The number of nitrogens with zero attached hydrogens (tertiary/aromatic N) is 1. The van der Waals surface area contributed by atoms with Crippen molar-refractivity contribution in [2.75, 3.05) is 0 Å². The van der Waals surface area contributed by atoms with E-state index in [1.165, 1.54) is 0 Å². The lowest BCUT2D eigenvalue weighted by Gasteiger charge is -2.07. The van der Waals surface area contributed by atoms with E-state index in [4.69, 9.17) is 4.74 Å². The molecule has 0 saturated heterocycles. The molecule has 0 unspecified atom stereocenters. The Morgan fingerprint density at radius 1 is 1.31 bits per heavy atom. The molecule has 0 N–H and O–H groups in total. The minimum Gasteiger partial charge on any atom is -0.455 e. The van der Waals surface area contributed by atoms with E-state index in [9.17, 15) is 4.79 Å². The fraction of sp³-hybridized carbons (Fsp3) is 0.0769. The largest absolute Gasteiger partial charge is 0.455 e. The fourth-order valence-corrected chi connectivity index (χ4v) is 1.39. The van der Waals surface area contributed by atoms with Crippen LogP contribution in [0.1, 0.15) is 15.9 Å². The molecule has 0 spiro atoms. The van der Waals surface area contributed by atoms with Crippen molar-refractivity contribution in [1.82, 2.24) is 4.98 Å². The molecule has 3 heteroatoms. The smallest absolute Gasteiger partial charge is 0.153 e. The second kappa shape index (κ2) is 4.57. The third kappa shape index (κ3) is 2.25. The lowest BCUT2D eigenvalue weighted by atomic mass is 10.1. The summed E-state index contributed by atoms with van der Waals surface area (Å²) in [5.74, 6) is 1.17. The first-order chi connectivity index (χ1) is 7.79. The minimum absolute atomic E-state index is 0.545. The molecule has 16 heavy (non-hydrogen) atoms. The van der Waals surface area contributed by atoms with Crippen LogP contribution in [0.4, 0.5) is 0 Å². The quantitative estimate of drug-likeness (QED) is 0.736. The van der Waals surface area contributed by atoms with Gasteiger partial charge in [-0.3, -0.25) is 9.78 Å². The molecule has 0 bridgehead atoms. The van der Waals surface area contributed by atoms with Gasteiger partial charge in [0.05, 0.1) is 11.8 Å². The van der Waals surface area contributed by atoms with Crippen molar-refractivity contribution >= 4 is 6.29 Å². The molecule has 0 atom stereocenters. The van der Waals surface area contributed by atoms with Gasteiger partial charge in [0.25, 0.3) is 0 Å². The van der Waals surface area contributed by atoms with E-state index < -0.39 is 0 Å². The molecule has 1 heterocycles. The van der Waals surface area contributed by atoms with Gasteiger partial charge in [0.1, 0.15) is 11.5 Å². The monoisotopic (exact) mass is 213 g/mol. The van der Waals surface area contributed by atoms with E-state index in [1.54, 1.807) is 36.7 Å². The third-order valence-electron chi connectivity index (χ3n) is 2.15. The van der Waals surface area contributed by atoms with Crippen molar-refractivity contribution in [1.29, 1.82) is 0 Å². The number of aryl methyl sites for hydroxylation is 1. The summed E-state index contributed by atoms with van der Waals surface area (Å²) in [5, 5.41) is 0. The summed E-state index contributed by atoms with van der Waals surface area (Å²) in [6, 6.07) is 9.05. The highest BCUT2D eigenvalue weighted by molar-refractivity contribution is 5.79. The van der Waals surface area contributed by atoms with Gasteiger partial charge < -0.3 is 4.74 Å². The summed E-state index contributed by atoms with van der Waals surface area (Å²) in [5.41, 5.74) is 1.57. The van der Waals surface area contributed by atoms with Crippen molar-refractivity contribution in [2.45, 2.75) is 6.92 Å². The average Bonchev–Trinajstić information content (AvgIpc) is 2.33. The zero-order valence-corrected chi connectivity index (χ0v) is 8.88. The Kier molecular flexibility index (Phi) is 2.96. The van der Waals surface area contributed by atoms with Crippen LogP contribution in [-0.2, 0) is 0 Å². The van der Waals surface area contributed by atoms with Gasteiger partial charge in [-0.25, -0.2) is 0 Å². The molecule has 1 aromatic carbocycles. The number of rotatable bonds is 3. The first-order valence-corrected chi connectivity index (χ1v) is 4.93. The summed E-state index contributed by atoms with van der Waals surface area (Å²) in [7, 11) is 0. The Hall–Kier alpha value is -2.16. The van der Waals surface area contributed by atoms with Gasteiger partial charge in [0.2, 0.25) is 0 Å². The van der Waals surface area contributed by atoms with Crippen LogP contribution in [-0.4, -0.2) is 11.3 Å². The van der Waals surface area contributed by atoms with E-state index in [2.05, 4.69) is 4.98 Å². The number of hydrogen-bond acceptors (Lipinski definition) is 3. The van der Waals surface area contributed by atoms with E-state index in [0.29, 0.717) is 17.1 Å². The topological polar surface area (TPSA) is 39.2 Å². The molecular weight excluding hydrogens is 202 g/mol. The summed E-state index contributed by atoms with van der Waals surface area (Å²) < 4.78 is 5.56. The highest BCUT2D eigenvalue weighted by atomic mass is 16.5. The summed E-state index contributed by atoms with van der Waals surface area (Å²) in [4.78, 5) is 14.8. The molecule has 0 amide bonds. The molecule has 0 aliphatic heterocycles. The Bertz CT molecular complexity index is 495. The second-order valence-electron chi connectivity index (χ2n) is 3.45. The number of aromatic nitrogens is 1. The maximum Gasteiger partial charge on any atom is 0.153 e. The number of benzene rings is 1. The Labute approximate surface area is 93.7 Å². The van der Waals surface area contributed by atoms with Crippen molar-refractivity contribution in [2.24, 2.45) is 0 Å². The fourth-order valence-electron chi connectivity index (χ4n) is 1.39. The van der Waals surface area contributed by atoms with Crippen molar-refractivity contribution in [3.8, 4) is 11.5 Å². The van der Waals surface area contributed by atoms with Gasteiger partial charge in [0.15, 0.2) is 6.29 Å². The first kappa shape index (κ1) is 10.4. The Morgan fingerprint density at radius 3 is 2.88 bits per heavy atom. The van der Waals surface area contributed by atoms with E-state index in [-0.39, 0.29) is 0 Å². The molecule has 0 fully saturated rings. The molecule has 0 aliphatic rings. The number of hydrogen-bond donors (Lipinski definition) is 0. The van der Waals surface area contributed by atoms with Crippen LogP contribution in [0.3, 0.4) is 0 Å². The lowest BCUT2D eigenvalue weighted by molar-refractivity contribution is 0.112. The van der Waals surface area contributed by atoms with Crippen LogP contribution < -0.4 is 4.74 Å². The molecule has 3 nitrogen and oxygen atoms in total. The standard InChI is InChI=1S/C13H11NO2/c1-10-4-5-13(11(7-10)9-15)16-12-3-2-6-14-8-12/h2-9H,1H3. The number of carbonyl (C=O) groups excluding carboxylic acids is 1. The van der Waals surface area contributed by atoms with Crippen molar-refractivity contribution in [3.05, 3.63) is 53.9 Å². The predicted octanol–water partition coefficient (Wildman–Crippen LogP) is 2.99. The van der Waals surface area contributed by atoms with Crippen LogP contribution >= 0.6 is 0 Å². The van der Waals surface area contributed by atoms with E-state index in [0.717, 1.165) is 11.8 Å². The van der Waals surface area contributed by atoms with E-state index in [1.807, 2.05) is 13.0 Å². The van der Waals surface area contributed by atoms with Gasteiger partial charge >= 0.3 is 0 Å².